The van der Waals surface area contributed by atoms with E-state index < -0.39 is 0 Å². The standard InChI is InChI=1S/C22H23N3O2/c26-19-10-8-18(9-11-19)25-14-12-24(13-15-25)16-22(27)23-21-7-3-5-17-4-1-2-6-20(17)21/h1-11,26H,12-16H2,(H,23,27). The van der Waals surface area contributed by atoms with Crippen LogP contribution in [0.15, 0.2) is 66.7 Å². The molecule has 27 heavy (non-hydrogen) atoms. The van der Waals surface area contributed by atoms with Crippen LogP contribution in [0, 0.1) is 0 Å². The number of piperazine rings is 1. The SMILES string of the molecule is O=C(CN1CCN(c2ccc(O)cc2)CC1)Nc1cccc2ccccc12. The number of nitrogens with one attached hydrogen (secondary N) is 1. The summed E-state index contributed by atoms with van der Waals surface area (Å²) in [6, 6.07) is 21.3. The molecule has 0 radical (unpaired) electrons. The summed E-state index contributed by atoms with van der Waals surface area (Å²) in [4.78, 5) is 17.0. The Morgan fingerprint density at radius 3 is 2.37 bits per heavy atom. The molecule has 0 aliphatic carbocycles. The van der Waals surface area contributed by atoms with Gasteiger partial charge in [0.1, 0.15) is 5.75 Å². The fourth-order valence-corrected chi connectivity index (χ4v) is 3.55. The molecule has 4 rings (SSSR count). The van der Waals surface area contributed by atoms with E-state index in [0.717, 1.165) is 48.3 Å². The van der Waals surface area contributed by atoms with Crippen molar-refractivity contribution in [2.75, 3.05) is 42.9 Å². The molecule has 3 aromatic carbocycles. The number of fused-ring (bicyclic) bond motifs is 1. The number of carbonyl (C=O) groups excluding carboxylic acids is 1. The average molecular weight is 361 g/mol. The first-order chi connectivity index (χ1) is 13.2. The van der Waals surface area contributed by atoms with Crippen LogP contribution in [0.1, 0.15) is 0 Å². The van der Waals surface area contributed by atoms with Gasteiger partial charge in [-0.1, -0.05) is 36.4 Å². The first-order valence-corrected chi connectivity index (χ1v) is 9.23. The van der Waals surface area contributed by atoms with E-state index in [2.05, 4.69) is 15.1 Å². The lowest BCUT2D eigenvalue weighted by molar-refractivity contribution is -0.117. The van der Waals surface area contributed by atoms with E-state index in [1.165, 1.54) is 0 Å². The van der Waals surface area contributed by atoms with Crippen LogP contribution in [0.4, 0.5) is 11.4 Å². The summed E-state index contributed by atoms with van der Waals surface area (Å²) in [6.07, 6.45) is 0. The number of nitrogens with zero attached hydrogens (tertiary/aromatic N) is 2. The number of phenols is 1. The van der Waals surface area contributed by atoms with Gasteiger partial charge in [-0.05, 0) is 35.7 Å². The first kappa shape index (κ1) is 17.4. The fourth-order valence-electron chi connectivity index (χ4n) is 3.55. The molecule has 1 saturated heterocycles. The number of anilines is 2. The molecule has 0 unspecified atom stereocenters. The molecular formula is C22H23N3O2. The second-order valence-corrected chi connectivity index (χ2v) is 6.85. The Hall–Kier alpha value is -3.05. The highest BCUT2D eigenvalue weighted by Gasteiger charge is 2.19. The van der Waals surface area contributed by atoms with Gasteiger partial charge < -0.3 is 15.3 Å². The molecule has 5 nitrogen and oxygen atoms in total. The molecule has 138 valence electrons. The van der Waals surface area contributed by atoms with Crippen LogP contribution in [-0.2, 0) is 4.79 Å². The van der Waals surface area contributed by atoms with Gasteiger partial charge >= 0.3 is 0 Å². The van der Waals surface area contributed by atoms with E-state index in [-0.39, 0.29) is 11.7 Å². The van der Waals surface area contributed by atoms with Crippen LogP contribution in [0.2, 0.25) is 0 Å². The quantitative estimate of drug-likeness (QED) is 0.749. The smallest absolute Gasteiger partial charge is 0.238 e. The van der Waals surface area contributed by atoms with E-state index in [9.17, 15) is 9.90 Å². The summed E-state index contributed by atoms with van der Waals surface area (Å²) in [5.74, 6) is 0.298. The zero-order chi connectivity index (χ0) is 18.6. The summed E-state index contributed by atoms with van der Waals surface area (Å²) in [5, 5.41) is 14.7. The van der Waals surface area contributed by atoms with Gasteiger partial charge in [0.25, 0.3) is 0 Å². The van der Waals surface area contributed by atoms with Crippen LogP contribution in [-0.4, -0.2) is 48.6 Å². The number of carbonyl (C=O) groups is 1. The Morgan fingerprint density at radius 2 is 1.59 bits per heavy atom. The number of hydrogen-bond acceptors (Lipinski definition) is 4. The third-order valence-corrected chi connectivity index (χ3v) is 5.02. The minimum absolute atomic E-state index is 0.0180. The second-order valence-electron chi connectivity index (χ2n) is 6.85. The van der Waals surface area contributed by atoms with Crippen molar-refractivity contribution >= 4 is 28.1 Å². The number of amides is 1. The van der Waals surface area contributed by atoms with E-state index in [0.29, 0.717) is 6.54 Å². The van der Waals surface area contributed by atoms with Gasteiger partial charge in [0.2, 0.25) is 5.91 Å². The Morgan fingerprint density at radius 1 is 0.889 bits per heavy atom. The van der Waals surface area contributed by atoms with Gasteiger partial charge in [-0.15, -0.1) is 0 Å². The zero-order valence-electron chi connectivity index (χ0n) is 15.1. The van der Waals surface area contributed by atoms with Crippen LogP contribution in [0.3, 0.4) is 0 Å². The van der Waals surface area contributed by atoms with E-state index in [4.69, 9.17) is 0 Å². The molecule has 0 spiro atoms. The Balaban J connectivity index is 1.33. The van der Waals surface area contributed by atoms with Crippen LogP contribution < -0.4 is 10.2 Å². The zero-order valence-corrected chi connectivity index (χ0v) is 15.1. The third kappa shape index (κ3) is 4.04. The molecule has 1 amide bonds. The minimum Gasteiger partial charge on any atom is -0.508 e. The molecule has 3 aromatic rings. The van der Waals surface area contributed by atoms with Crippen molar-refractivity contribution in [2.45, 2.75) is 0 Å². The molecule has 0 saturated carbocycles. The van der Waals surface area contributed by atoms with Gasteiger partial charge in [0.15, 0.2) is 0 Å². The largest absolute Gasteiger partial charge is 0.508 e. The fraction of sp³-hybridized carbons (Fsp3) is 0.227. The van der Waals surface area contributed by atoms with Crippen molar-refractivity contribution in [2.24, 2.45) is 0 Å². The molecule has 0 atom stereocenters. The number of hydrogen-bond donors (Lipinski definition) is 2. The van der Waals surface area contributed by atoms with E-state index >= 15 is 0 Å². The van der Waals surface area contributed by atoms with Crippen molar-refractivity contribution < 1.29 is 9.90 Å². The minimum atomic E-state index is 0.0180. The van der Waals surface area contributed by atoms with Crippen LogP contribution >= 0.6 is 0 Å². The second kappa shape index (κ2) is 7.68. The summed E-state index contributed by atoms with van der Waals surface area (Å²) >= 11 is 0. The Kier molecular flexibility index (Phi) is 4.94. The van der Waals surface area contributed by atoms with Crippen molar-refractivity contribution in [1.29, 1.82) is 0 Å². The molecule has 0 aromatic heterocycles. The third-order valence-electron chi connectivity index (χ3n) is 5.02. The molecule has 1 aliphatic heterocycles. The number of phenolic OH excluding ortho intramolecular Hbond substituents is 1. The Bertz CT molecular complexity index is 926. The van der Waals surface area contributed by atoms with Crippen LogP contribution in [0.25, 0.3) is 10.8 Å². The van der Waals surface area contributed by atoms with Gasteiger partial charge in [-0.25, -0.2) is 0 Å². The maximum absolute atomic E-state index is 12.5. The Labute approximate surface area is 158 Å². The molecule has 1 heterocycles. The van der Waals surface area contributed by atoms with Crippen LogP contribution in [0.5, 0.6) is 5.75 Å². The van der Waals surface area contributed by atoms with Crippen molar-refractivity contribution in [1.82, 2.24) is 4.90 Å². The lowest BCUT2D eigenvalue weighted by Gasteiger charge is -2.35. The summed E-state index contributed by atoms with van der Waals surface area (Å²) in [6.45, 7) is 3.80. The highest BCUT2D eigenvalue weighted by molar-refractivity contribution is 6.02. The molecule has 1 fully saturated rings. The monoisotopic (exact) mass is 361 g/mol. The summed E-state index contributed by atoms with van der Waals surface area (Å²) < 4.78 is 0. The van der Waals surface area contributed by atoms with Gasteiger partial charge in [0.05, 0.1) is 6.54 Å². The predicted molar refractivity (Wildman–Crippen MR) is 109 cm³/mol. The van der Waals surface area contributed by atoms with E-state index in [1.54, 1.807) is 12.1 Å². The van der Waals surface area contributed by atoms with E-state index in [1.807, 2.05) is 54.6 Å². The lowest BCUT2D eigenvalue weighted by atomic mass is 10.1. The highest BCUT2D eigenvalue weighted by atomic mass is 16.3. The van der Waals surface area contributed by atoms with Gasteiger partial charge in [-0.3, -0.25) is 9.69 Å². The summed E-state index contributed by atoms with van der Waals surface area (Å²) in [7, 11) is 0. The van der Waals surface area contributed by atoms with Crippen molar-refractivity contribution in [3.63, 3.8) is 0 Å². The highest BCUT2D eigenvalue weighted by Crippen LogP contribution is 2.23. The van der Waals surface area contributed by atoms with Gasteiger partial charge in [0, 0.05) is 42.9 Å². The maximum atomic E-state index is 12.5. The molecular weight excluding hydrogens is 338 g/mol. The topological polar surface area (TPSA) is 55.8 Å². The molecule has 1 aliphatic rings. The molecule has 2 N–H and O–H groups in total. The maximum Gasteiger partial charge on any atom is 0.238 e. The molecule has 0 bridgehead atoms. The number of aromatic hydroxyl groups is 1. The normalized spacial score (nSPS) is 15.0. The van der Waals surface area contributed by atoms with Crippen molar-refractivity contribution in [3.8, 4) is 5.75 Å². The molecule has 5 heteroatoms. The van der Waals surface area contributed by atoms with Gasteiger partial charge in [-0.2, -0.15) is 0 Å². The number of rotatable bonds is 4. The first-order valence-electron chi connectivity index (χ1n) is 9.23. The lowest BCUT2D eigenvalue weighted by Crippen LogP contribution is -2.48. The number of benzene rings is 3. The van der Waals surface area contributed by atoms with Crippen molar-refractivity contribution in [3.05, 3.63) is 66.7 Å². The average Bonchev–Trinajstić information content (AvgIpc) is 2.69. The summed E-state index contributed by atoms with van der Waals surface area (Å²) in [5.41, 5.74) is 1.97. The predicted octanol–water partition coefficient (Wildman–Crippen LogP) is 3.31.